The Kier molecular flexibility index (Phi) is 6.40. The maximum atomic E-state index is 12.5. The summed E-state index contributed by atoms with van der Waals surface area (Å²) < 4.78 is 5.56. The van der Waals surface area contributed by atoms with Crippen LogP contribution in [0.5, 0.6) is 5.75 Å². The van der Waals surface area contributed by atoms with E-state index in [-0.39, 0.29) is 11.3 Å². The standard InChI is InChI=1S/C19H22N6O2S2/c1-13(28-17-20-8-9-21-17)14-2-4-15(5-3-14)27-19(26)25-10-6-16(7-11-25)29-18-22-12-23-24-18/h2-5,8-9,12-13,16H,6-7,10-11H2,1H3,(H,20,21)(H,22,23,24). The molecular weight excluding hydrogens is 408 g/mol. The first-order valence-corrected chi connectivity index (χ1v) is 11.2. The van der Waals surface area contributed by atoms with Gasteiger partial charge in [0.2, 0.25) is 0 Å². The van der Waals surface area contributed by atoms with E-state index in [1.165, 1.54) is 6.33 Å². The Hall–Kier alpha value is -2.46. The SMILES string of the molecule is CC(Sc1ncc[nH]1)c1ccc(OC(=O)N2CCC(Sc3ncn[nH]3)CC2)cc1. The summed E-state index contributed by atoms with van der Waals surface area (Å²) >= 11 is 3.33. The molecule has 0 saturated carbocycles. The number of aromatic nitrogens is 5. The number of amides is 1. The molecular formula is C19H22N6O2S2. The molecule has 0 bridgehead atoms. The highest BCUT2D eigenvalue weighted by molar-refractivity contribution is 7.99. The molecule has 1 aromatic carbocycles. The monoisotopic (exact) mass is 430 g/mol. The number of imidazole rings is 1. The number of H-pyrrole nitrogens is 2. The third-order valence-electron chi connectivity index (χ3n) is 4.69. The molecule has 2 aromatic heterocycles. The second kappa shape index (κ2) is 9.36. The van der Waals surface area contributed by atoms with E-state index in [0.29, 0.717) is 24.1 Å². The van der Waals surface area contributed by atoms with Gasteiger partial charge in [-0.15, -0.1) is 0 Å². The van der Waals surface area contributed by atoms with Crippen LogP contribution in [0.25, 0.3) is 0 Å². The van der Waals surface area contributed by atoms with Crippen molar-refractivity contribution in [3.8, 4) is 5.75 Å². The van der Waals surface area contributed by atoms with Gasteiger partial charge in [0.25, 0.3) is 0 Å². The van der Waals surface area contributed by atoms with Crippen molar-refractivity contribution in [3.05, 3.63) is 48.5 Å². The Morgan fingerprint density at radius 3 is 2.66 bits per heavy atom. The number of ether oxygens (including phenoxy) is 1. The van der Waals surface area contributed by atoms with Gasteiger partial charge in [-0.3, -0.25) is 5.10 Å². The number of rotatable bonds is 6. The van der Waals surface area contributed by atoms with Crippen molar-refractivity contribution >= 4 is 29.6 Å². The largest absolute Gasteiger partial charge is 0.415 e. The second-order valence-electron chi connectivity index (χ2n) is 6.69. The van der Waals surface area contributed by atoms with Crippen molar-refractivity contribution in [3.63, 3.8) is 0 Å². The lowest BCUT2D eigenvalue weighted by Gasteiger charge is -2.30. The Bertz CT molecular complexity index is 893. The van der Waals surface area contributed by atoms with Crippen molar-refractivity contribution in [1.82, 2.24) is 30.0 Å². The molecule has 3 aromatic rings. The van der Waals surface area contributed by atoms with Crippen LogP contribution in [-0.2, 0) is 0 Å². The molecule has 1 saturated heterocycles. The fraction of sp³-hybridized carbons (Fsp3) is 0.368. The van der Waals surface area contributed by atoms with Crippen LogP contribution >= 0.6 is 23.5 Å². The molecule has 152 valence electrons. The average Bonchev–Trinajstić information content (AvgIpc) is 3.43. The lowest BCUT2D eigenvalue weighted by atomic mass is 10.1. The van der Waals surface area contributed by atoms with Crippen molar-refractivity contribution < 1.29 is 9.53 Å². The van der Waals surface area contributed by atoms with Crippen LogP contribution in [0.15, 0.2) is 53.3 Å². The average molecular weight is 431 g/mol. The number of carbonyl (C=O) groups excluding carboxylic acids is 1. The number of nitrogens with one attached hydrogen (secondary N) is 2. The molecule has 8 nitrogen and oxygen atoms in total. The van der Waals surface area contributed by atoms with Gasteiger partial charge < -0.3 is 14.6 Å². The summed E-state index contributed by atoms with van der Waals surface area (Å²) in [7, 11) is 0. The highest BCUT2D eigenvalue weighted by Gasteiger charge is 2.25. The summed E-state index contributed by atoms with van der Waals surface area (Å²) in [5.74, 6) is 0.562. The van der Waals surface area contributed by atoms with E-state index in [4.69, 9.17) is 4.74 Å². The normalized spacial score (nSPS) is 16.0. The van der Waals surface area contributed by atoms with E-state index >= 15 is 0 Å². The Balaban J connectivity index is 1.25. The Morgan fingerprint density at radius 1 is 1.21 bits per heavy atom. The third-order valence-corrected chi connectivity index (χ3v) is 6.98. The van der Waals surface area contributed by atoms with Gasteiger partial charge in [-0.25, -0.2) is 14.8 Å². The van der Waals surface area contributed by atoms with E-state index in [1.54, 1.807) is 34.6 Å². The molecule has 1 atom stereocenters. The zero-order chi connectivity index (χ0) is 20.1. The van der Waals surface area contributed by atoms with E-state index in [9.17, 15) is 4.79 Å². The number of carbonyl (C=O) groups is 1. The lowest BCUT2D eigenvalue weighted by Crippen LogP contribution is -2.40. The zero-order valence-corrected chi connectivity index (χ0v) is 17.6. The topological polar surface area (TPSA) is 99.8 Å². The smallest absolute Gasteiger partial charge is 0.410 e. The minimum absolute atomic E-state index is 0.242. The number of likely N-dealkylation sites (tertiary alicyclic amines) is 1. The molecule has 0 radical (unpaired) electrons. The van der Waals surface area contributed by atoms with Crippen LogP contribution in [0.2, 0.25) is 0 Å². The summed E-state index contributed by atoms with van der Waals surface area (Å²) in [6.45, 7) is 3.48. The summed E-state index contributed by atoms with van der Waals surface area (Å²) in [4.78, 5) is 25.7. The Morgan fingerprint density at radius 2 is 2.00 bits per heavy atom. The number of benzene rings is 1. The fourth-order valence-electron chi connectivity index (χ4n) is 3.09. The molecule has 1 amide bonds. The first-order valence-electron chi connectivity index (χ1n) is 9.42. The molecule has 1 aliphatic rings. The molecule has 0 spiro atoms. The molecule has 29 heavy (non-hydrogen) atoms. The maximum Gasteiger partial charge on any atom is 0.415 e. The first-order chi connectivity index (χ1) is 14.2. The van der Waals surface area contributed by atoms with Gasteiger partial charge in [-0.1, -0.05) is 35.7 Å². The number of aromatic amines is 2. The van der Waals surface area contributed by atoms with Crippen LogP contribution in [0, 0.1) is 0 Å². The molecule has 1 unspecified atom stereocenters. The minimum Gasteiger partial charge on any atom is -0.410 e. The zero-order valence-electron chi connectivity index (χ0n) is 15.9. The van der Waals surface area contributed by atoms with Crippen molar-refractivity contribution in [2.45, 2.75) is 40.6 Å². The summed E-state index contributed by atoms with van der Waals surface area (Å²) in [6.07, 6.45) is 6.58. The van der Waals surface area contributed by atoms with Gasteiger partial charge in [0, 0.05) is 36.0 Å². The van der Waals surface area contributed by atoms with Gasteiger partial charge in [-0.05, 0) is 37.5 Å². The van der Waals surface area contributed by atoms with Crippen molar-refractivity contribution in [2.24, 2.45) is 0 Å². The van der Waals surface area contributed by atoms with Crippen LogP contribution in [0.3, 0.4) is 0 Å². The van der Waals surface area contributed by atoms with Crippen LogP contribution < -0.4 is 4.74 Å². The van der Waals surface area contributed by atoms with E-state index in [0.717, 1.165) is 28.7 Å². The molecule has 1 aliphatic heterocycles. The lowest BCUT2D eigenvalue weighted by molar-refractivity contribution is 0.143. The molecule has 4 rings (SSSR count). The second-order valence-corrected chi connectivity index (χ2v) is 9.30. The number of hydrogen-bond acceptors (Lipinski definition) is 7. The van der Waals surface area contributed by atoms with Crippen molar-refractivity contribution in [2.75, 3.05) is 13.1 Å². The Labute approximate surface area is 177 Å². The van der Waals surface area contributed by atoms with Gasteiger partial charge in [0.1, 0.15) is 12.1 Å². The van der Waals surface area contributed by atoms with E-state index in [2.05, 4.69) is 32.1 Å². The number of nitrogens with zero attached hydrogens (tertiary/aromatic N) is 4. The van der Waals surface area contributed by atoms with Gasteiger partial charge in [0.05, 0.1) is 0 Å². The van der Waals surface area contributed by atoms with E-state index in [1.807, 2.05) is 30.5 Å². The van der Waals surface area contributed by atoms with Gasteiger partial charge in [0.15, 0.2) is 10.3 Å². The van der Waals surface area contributed by atoms with E-state index < -0.39 is 0 Å². The number of piperidine rings is 1. The van der Waals surface area contributed by atoms with Gasteiger partial charge in [-0.2, -0.15) is 5.10 Å². The maximum absolute atomic E-state index is 12.5. The summed E-state index contributed by atoms with van der Waals surface area (Å²) in [6, 6.07) is 7.67. The molecule has 10 heteroatoms. The number of thioether (sulfide) groups is 2. The van der Waals surface area contributed by atoms with Crippen LogP contribution in [0.4, 0.5) is 4.79 Å². The predicted molar refractivity (Wildman–Crippen MR) is 112 cm³/mol. The quantitative estimate of drug-likeness (QED) is 0.567. The molecule has 3 heterocycles. The highest BCUT2D eigenvalue weighted by Crippen LogP contribution is 2.33. The number of hydrogen-bond donors (Lipinski definition) is 2. The molecule has 2 N–H and O–H groups in total. The van der Waals surface area contributed by atoms with Crippen LogP contribution in [-0.4, -0.2) is 54.5 Å². The summed E-state index contributed by atoms with van der Waals surface area (Å²) in [5.41, 5.74) is 1.15. The van der Waals surface area contributed by atoms with Crippen LogP contribution in [0.1, 0.15) is 30.6 Å². The third kappa shape index (κ3) is 5.33. The molecule has 0 aliphatic carbocycles. The fourth-order valence-corrected chi connectivity index (χ4v) is 4.95. The minimum atomic E-state index is -0.293. The molecule has 1 fully saturated rings. The highest BCUT2D eigenvalue weighted by atomic mass is 32.2. The predicted octanol–water partition coefficient (Wildman–Crippen LogP) is 4.14. The van der Waals surface area contributed by atoms with Crippen molar-refractivity contribution in [1.29, 1.82) is 0 Å². The van der Waals surface area contributed by atoms with Gasteiger partial charge >= 0.3 is 6.09 Å². The summed E-state index contributed by atoms with van der Waals surface area (Å²) in [5, 5.41) is 9.11. The first kappa shape index (κ1) is 19.8.